The van der Waals surface area contributed by atoms with Crippen molar-refractivity contribution in [2.45, 2.75) is 57.2 Å². The van der Waals surface area contributed by atoms with E-state index in [2.05, 4.69) is 42.2 Å². The van der Waals surface area contributed by atoms with Gasteiger partial charge in [0.1, 0.15) is 0 Å². The molecular formula is C25H30F3N. The third-order valence-electron chi connectivity index (χ3n) is 6.95. The Balaban J connectivity index is 1.49. The molecule has 29 heavy (non-hydrogen) atoms. The van der Waals surface area contributed by atoms with Crippen LogP contribution < -0.4 is 0 Å². The van der Waals surface area contributed by atoms with E-state index in [1.54, 1.807) is 12.1 Å². The first-order chi connectivity index (χ1) is 13.9. The minimum atomic E-state index is -4.26. The Morgan fingerprint density at radius 1 is 0.897 bits per heavy atom. The maximum atomic E-state index is 12.8. The van der Waals surface area contributed by atoms with E-state index < -0.39 is 11.7 Å². The minimum absolute atomic E-state index is 0.515. The number of piperidine rings is 1. The van der Waals surface area contributed by atoms with E-state index in [1.807, 2.05) is 0 Å². The van der Waals surface area contributed by atoms with E-state index in [9.17, 15) is 13.2 Å². The lowest BCUT2D eigenvalue weighted by molar-refractivity contribution is -0.137. The summed E-state index contributed by atoms with van der Waals surface area (Å²) in [5.41, 5.74) is 1.86. The summed E-state index contributed by atoms with van der Waals surface area (Å²) < 4.78 is 38.5. The van der Waals surface area contributed by atoms with Crippen LogP contribution in [0.4, 0.5) is 13.2 Å². The maximum Gasteiger partial charge on any atom is 0.416 e. The Hall–Kier alpha value is -1.81. The van der Waals surface area contributed by atoms with Gasteiger partial charge in [0.25, 0.3) is 0 Å². The van der Waals surface area contributed by atoms with Crippen LogP contribution in [0.3, 0.4) is 0 Å². The van der Waals surface area contributed by atoms with E-state index in [-0.39, 0.29) is 0 Å². The lowest BCUT2D eigenvalue weighted by atomic mass is 9.90. The normalized spacial score (nSPS) is 26.7. The van der Waals surface area contributed by atoms with Crippen LogP contribution in [0.5, 0.6) is 0 Å². The van der Waals surface area contributed by atoms with E-state index in [1.165, 1.54) is 43.6 Å². The van der Waals surface area contributed by atoms with Gasteiger partial charge >= 0.3 is 6.18 Å². The number of rotatable bonds is 4. The summed E-state index contributed by atoms with van der Waals surface area (Å²) in [7, 11) is 0. The van der Waals surface area contributed by atoms with Crippen molar-refractivity contribution in [3.05, 3.63) is 71.3 Å². The van der Waals surface area contributed by atoms with Crippen molar-refractivity contribution in [3.63, 3.8) is 0 Å². The number of nitrogens with zero attached hydrogens (tertiary/aromatic N) is 1. The zero-order valence-electron chi connectivity index (χ0n) is 17.0. The molecule has 2 aromatic rings. The van der Waals surface area contributed by atoms with Crippen LogP contribution in [0.15, 0.2) is 54.6 Å². The largest absolute Gasteiger partial charge is 0.416 e. The lowest BCUT2D eigenvalue weighted by Crippen LogP contribution is -2.42. The summed E-state index contributed by atoms with van der Waals surface area (Å²) in [5, 5.41) is 0. The fourth-order valence-corrected chi connectivity index (χ4v) is 5.27. The van der Waals surface area contributed by atoms with Crippen molar-refractivity contribution in [3.8, 4) is 0 Å². The molecule has 4 heteroatoms. The Morgan fingerprint density at radius 2 is 1.55 bits per heavy atom. The molecule has 1 saturated carbocycles. The summed E-state index contributed by atoms with van der Waals surface area (Å²) in [6.45, 7) is 4.68. The Morgan fingerprint density at radius 3 is 2.17 bits per heavy atom. The molecule has 1 heterocycles. The molecule has 1 nitrogen and oxygen atoms in total. The van der Waals surface area contributed by atoms with Crippen molar-refractivity contribution >= 4 is 0 Å². The van der Waals surface area contributed by atoms with Gasteiger partial charge in [-0.15, -0.1) is 0 Å². The van der Waals surface area contributed by atoms with Crippen LogP contribution in [0.25, 0.3) is 0 Å². The topological polar surface area (TPSA) is 3.24 Å². The number of alkyl halides is 3. The molecular weight excluding hydrogens is 371 g/mol. The first-order valence-corrected chi connectivity index (χ1v) is 10.9. The van der Waals surface area contributed by atoms with Gasteiger partial charge < -0.3 is 0 Å². The zero-order valence-corrected chi connectivity index (χ0v) is 17.0. The van der Waals surface area contributed by atoms with Gasteiger partial charge in [-0.25, -0.2) is 0 Å². The maximum absolute atomic E-state index is 12.8. The molecule has 3 unspecified atom stereocenters. The van der Waals surface area contributed by atoms with Crippen LogP contribution in [-0.4, -0.2) is 24.0 Å². The minimum Gasteiger partial charge on any atom is -0.300 e. The number of halogens is 3. The smallest absolute Gasteiger partial charge is 0.300 e. The van der Waals surface area contributed by atoms with Crippen LogP contribution in [0.1, 0.15) is 55.2 Å². The number of hydrogen-bond donors (Lipinski definition) is 0. The van der Waals surface area contributed by atoms with E-state index in [0.717, 1.165) is 30.7 Å². The van der Waals surface area contributed by atoms with E-state index >= 15 is 0 Å². The Bertz CT molecular complexity index is 776. The highest BCUT2D eigenvalue weighted by Crippen LogP contribution is 2.43. The molecule has 1 saturated heterocycles. The van der Waals surface area contributed by atoms with Crippen molar-refractivity contribution in [2.75, 3.05) is 13.1 Å². The number of hydrogen-bond acceptors (Lipinski definition) is 1. The molecule has 0 aromatic heterocycles. The first kappa shape index (κ1) is 20.5. The quantitative estimate of drug-likeness (QED) is 0.562. The van der Waals surface area contributed by atoms with Crippen molar-refractivity contribution in [1.82, 2.24) is 4.90 Å². The predicted octanol–water partition coefficient (Wildman–Crippen LogP) is 6.54. The molecule has 0 N–H and O–H groups in total. The average Bonchev–Trinajstić information content (AvgIpc) is 3.13. The van der Waals surface area contributed by atoms with Gasteiger partial charge in [-0.1, -0.05) is 49.4 Å². The van der Waals surface area contributed by atoms with Crippen LogP contribution >= 0.6 is 0 Å². The third kappa shape index (κ3) is 4.85. The van der Waals surface area contributed by atoms with Gasteiger partial charge in [0, 0.05) is 6.04 Å². The van der Waals surface area contributed by atoms with E-state index in [4.69, 9.17) is 0 Å². The monoisotopic (exact) mass is 401 g/mol. The van der Waals surface area contributed by atoms with Gasteiger partial charge in [0.2, 0.25) is 0 Å². The predicted molar refractivity (Wildman–Crippen MR) is 111 cm³/mol. The molecule has 4 rings (SSSR count). The van der Waals surface area contributed by atoms with Gasteiger partial charge in [0.05, 0.1) is 5.56 Å². The van der Waals surface area contributed by atoms with Crippen LogP contribution in [-0.2, 0) is 12.6 Å². The molecule has 156 valence electrons. The molecule has 1 aliphatic carbocycles. The van der Waals surface area contributed by atoms with Crippen molar-refractivity contribution in [2.24, 2.45) is 11.8 Å². The molecule has 3 atom stereocenters. The summed E-state index contributed by atoms with van der Waals surface area (Å²) in [4.78, 5) is 2.68. The molecule has 2 fully saturated rings. The average molecular weight is 402 g/mol. The highest BCUT2D eigenvalue weighted by molar-refractivity contribution is 5.27. The standard InChI is InChI=1S/C25H30F3N/c1-18-11-13-29(14-12-18)24-17-20(16-23(24)21-5-3-2-4-6-21)15-19-7-9-22(10-8-19)25(26,27)28/h2-10,18,20,23-24H,11-17H2,1H3. The Labute approximate surface area is 171 Å². The van der Waals surface area contributed by atoms with Gasteiger partial charge in [-0.2, -0.15) is 13.2 Å². The highest BCUT2D eigenvalue weighted by Gasteiger charge is 2.39. The van der Waals surface area contributed by atoms with E-state index in [0.29, 0.717) is 17.9 Å². The third-order valence-corrected chi connectivity index (χ3v) is 6.95. The summed E-state index contributed by atoms with van der Waals surface area (Å²) in [5.74, 6) is 1.84. The first-order valence-electron chi connectivity index (χ1n) is 10.9. The SMILES string of the molecule is CC1CCN(C2CC(Cc3ccc(C(F)(F)F)cc3)CC2c2ccccc2)CC1. The molecule has 0 spiro atoms. The van der Waals surface area contributed by atoms with Gasteiger partial charge in [-0.3, -0.25) is 4.90 Å². The second-order valence-electron chi connectivity index (χ2n) is 9.04. The molecule has 2 aliphatic rings. The van der Waals surface area contributed by atoms with Crippen molar-refractivity contribution in [1.29, 1.82) is 0 Å². The lowest BCUT2D eigenvalue weighted by Gasteiger charge is -2.38. The molecule has 0 bridgehead atoms. The Kier molecular flexibility index (Phi) is 6.00. The highest BCUT2D eigenvalue weighted by atomic mass is 19.4. The number of likely N-dealkylation sites (tertiary alicyclic amines) is 1. The molecule has 2 aromatic carbocycles. The summed E-state index contributed by atoms with van der Waals surface area (Å²) >= 11 is 0. The van der Waals surface area contributed by atoms with Crippen molar-refractivity contribution < 1.29 is 13.2 Å². The second-order valence-corrected chi connectivity index (χ2v) is 9.04. The molecule has 0 radical (unpaired) electrons. The summed E-state index contributed by atoms with van der Waals surface area (Å²) in [6, 6.07) is 17.1. The fourth-order valence-electron chi connectivity index (χ4n) is 5.27. The molecule has 1 aliphatic heterocycles. The van der Waals surface area contributed by atoms with Crippen LogP contribution in [0.2, 0.25) is 0 Å². The van der Waals surface area contributed by atoms with Gasteiger partial charge in [-0.05, 0) is 86.2 Å². The molecule has 0 amide bonds. The fraction of sp³-hybridized carbons (Fsp3) is 0.520. The zero-order chi connectivity index (χ0) is 20.4. The summed E-state index contributed by atoms with van der Waals surface area (Å²) in [6.07, 6.45) is 1.38. The number of benzene rings is 2. The second kappa shape index (κ2) is 8.51. The van der Waals surface area contributed by atoms with Crippen LogP contribution in [0, 0.1) is 11.8 Å². The van der Waals surface area contributed by atoms with Gasteiger partial charge in [0.15, 0.2) is 0 Å².